The van der Waals surface area contributed by atoms with Crippen LogP contribution in [0.1, 0.15) is 59.8 Å². The van der Waals surface area contributed by atoms with Crippen LogP contribution in [0, 0.1) is 34.0 Å². The Balaban J connectivity index is 2.21. The summed E-state index contributed by atoms with van der Waals surface area (Å²) in [4.78, 5) is 12.8. The first-order valence-electron chi connectivity index (χ1n) is 9.16. The average Bonchev–Trinajstić information content (AvgIpc) is 2.87. The van der Waals surface area contributed by atoms with Gasteiger partial charge < -0.3 is 10.2 Å². The van der Waals surface area contributed by atoms with Crippen LogP contribution >= 0.6 is 0 Å². The van der Waals surface area contributed by atoms with Crippen molar-refractivity contribution in [1.29, 1.82) is 0 Å². The molecule has 1 unspecified atom stereocenters. The smallest absolute Gasteiger partial charge is 0.137 e. The van der Waals surface area contributed by atoms with E-state index in [1.165, 1.54) is 0 Å². The molecular weight excluding hydrogens is 288 g/mol. The van der Waals surface area contributed by atoms with E-state index in [0.29, 0.717) is 24.5 Å². The summed E-state index contributed by atoms with van der Waals surface area (Å²) >= 11 is 0. The number of carbonyl (C=O) groups is 1. The molecule has 3 nitrogen and oxygen atoms in total. The Labute approximate surface area is 140 Å². The summed E-state index contributed by atoms with van der Waals surface area (Å²) in [7, 11) is 0. The molecule has 0 heterocycles. The van der Waals surface area contributed by atoms with Gasteiger partial charge >= 0.3 is 0 Å². The van der Waals surface area contributed by atoms with Crippen molar-refractivity contribution >= 4 is 5.78 Å². The molecule has 130 valence electrons. The normalized spacial score (nSPS) is 56.6. The number of aliphatic hydroxyl groups excluding tert-OH is 2. The molecule has 2 N–H and O–H groups in total. The van der Waals surface area contributed by atoms with Crippen molar-refractivity contribution in [2.24, 2.45) is 34.0 Å². The second-order valence-corrected chi connectivity index (χ2v) is 9.10. The molecule has 3 fully saturated rings. The summed E-state index contributed by atoms with van der Waals surface area (Å²) in [6, 6.07) is 0. The van der Waals surface area contributed by atoms with Crippen LogP contribution in [0.2, 0.25) is 0 Å². The monoisotopic (exact) mass is 320 g/mol. The minimum Gasteiger partial charge on any atom is -0.392 e. The van der Waals surface area contributed by atoms with Gasteiger partial charge in [0, 0.05) is 23.2 Å². The van der Waals surface area contributed by atoms with Crippen LogP contribution in [0.5, 0.6) is 0 Å². The van der Waals surface area contributed by atoms with Gasteiger partial charge in [0.2, 0.25) is 0 Å². The van der Waals surface area contributed by atoms with Crippen molar-refractivity contribution in [2.45, 2.75) is 72.0 Å². The molecule has 0 aliphatic heterocycles. The SMILES string of the molecule is C=C[C@]1(C)C[C@@H](O)[C@@]2(C)C3C(=O)CC[C@@]3(CC[C@H]2C)[C@@H](C)[C@@H]1O. The number of Topliss-reactive ketones (excluding diaryl/α,β-unsaturated/α-hetero) is 1. The summed E-state index contributed by atoms with van der Waals surface area (Å²) in [6.07, 6.45) is 4.60. The zero-order chi connectivity index (χ0) is 17.2. The number of aliphatic hydroxyl groups is 2. The fourth-order valence-electron chi connectivity index (χ4n) is 6.37. The maximum absolute atomic E-state index is 12.8. The summed E-state index contributed by atoms with van der Waals surface area (Å²) in [5.74, 6) is 0.544. The first kappa shape index (κ1) is 17.2. The molecule has 0 radical (unpaired) electrons. The van der Waals surface area contributed by atoms with E-state index in [1.54, 1.807) is 0 Å². The van der Waals surface area contributed by atoms with Crippen molar-refractivity contribution in [1.82, 2.24) is 0 Å². The van der Waals surface area contributed by atoms with Gasteiger partial charge in [-0.25, -0.2) is 0 Å². The zero-order valence-electron chi connectivity index (χ0n) is 15.0. The van der Waals surface area contributed by atoms with Gasteiger partial charge in [-0.2, -0.15) is 0 Å². The Kier molecular flexibility index (Phi) is 3.85. The Bertz CT molecular complexity index is 529. The van der Waals surface area contributed by atoms with Crippen LogP contribution < -0.4 is 0 Å². The lowest BCUT2D eigenvalue weighted by atomic mass is 9.44. The molecule has 0 spiro atoms. The molecule has 0 amide bonds. The third-order valence-corrected chi connectivity index (χ3v) is 8.33. The minimum atomic E-state index is -0.589. The lowest BCUT2D eigenvalue weighted by Gasteiger charge is -2.61. The Morgan fingerprint density at radius 2 is 1.87 bits per heavy atom. The fourth-order valence-corrected chi connectivity index (χ4v) is 6.37. The minimum absolute atomic E-state index is 0.0428. The third-order valence-electron chi connectivity index (χ3n) is 8.33. The first-order valence-corrected chi connectivity index (χ1v) is 9.16. The number of carbonyl (C=O) groups excluding carboxylic acids is 1. The van der Waals surface area contributed by atoms with Crippen molar-refractivity contribution < 1.29 is 15.0 Å². The van der Waals surface area contributed by atoms with Crippen molar-refractivity contribution in [3.8, 4) is 0 Å². The molecule has 2 bridgehead atoms. The van der Waals surface area contributed by atoms with Crippen LogP contribution in [0.4, 0.5) is 0 Å². The molecular formula is C20H32O3. The quantitative estimate of drug-likeness (QED) is 0.729. The maximum atomic E-state index is 12.8. The summed E-state index contributed by atoms with van der Waals surface area (Å²) in [6.45, 7) is 12.4. The first-order chi connectivity index (χ1) is 10.6. The van der Waals surface area contributed by atoms with Crippen LogP contribution in [0.3, 0.4) is 0 Å². The van der Waals surface area contributed by atoms with E-state index in [4.69, 9.17) is 0 Å². The van der Waals surface area contributed by atoms with Crippen LogP contribution in [0.15, 0.2) is 12.7 Å². The van der Waals surface area contributed by atoms with Gasteiger partial charge in [0.15, 0.2) is 0 Å². The highest BCUT2D eigenvalue weighted by molar-refractivity contribution is 5.85. The summed E-state index contributed by atoms with van der Waals surface area (Å²) in [5, 5.41) is 22.3. The standard InChI is InChI=1S/C20H32O3/c1-6-18(4)11-15(22)19(5)12(2)7-9-20(13(3)17(18)23)10-8-14(21)16(19)20/h6,12-13,15-17,22-23H,1,7-11H2,2-5H3/t12-,13+,15-,16?,17+,18-,19+,20+/m1/s1. The van der Waals surface area contributed by atoms with Crippen molar-refractivity contribution in [3.05, 3.63) is 12.7 Å². The van der Waals surface area contributed by atoms with E-state index in [9.17, 15) is 15.0 Å². The Hall–Kier alpha value is -0.670. The van der Waals surface area contributed by atoms with E-state index in [2.05, 4.69) is 27.4 Å². The van der Waals surface area contributed by atoms with E-state index in [1.807, 2.05) is 13.0 Å². The highest BCUT2D eigenvalue weighted by atomic mass is 16.3. The van der Waals surface area contributed by atoms with E-state index < -0.39 is 23.0 Å². The molecule has 3 aliphatic carbocycles. The predicted octanol–water partition coefficient (Wildman–Crippen LogP) is 3.34. The molecule has 3 heteroatoms. The van der Waals surface area contributed by atoms with Crippen molar-refractivity contribution in [2.75, 3.05) is 0 Å². The van der Waals surface area contributed by atoms with Gasteiger partial charge in [0.05, 0.1) is 12.2 Å². The van der Waals surface area contributed by atoms with Crippen molar-refractivity contribution in [3.63, 3.8) is 0 Å². The van der Waals surface area contributed by atoms with E-state index in [-0.39, 0.29) is 17.3 Å². The highest BCUT2D eigenvalue weighted by Gasteiger charge is 2.67. The van der Waals surface area contributed by atoms with Crippen LogP contribution in [0.25, 0.3) is 0 Å². The number of ketones is 1. The van der Waals surface area contributed by atoms with Gasteiger partial charge in [-0.3, -0.25) is 4.79 Å². The molecule has 23 heavy (non-hydrogen) atoms. The zero-order valence-corrected chi connectivity index (χ0v) is 15.0. The fraction of sp³-hybridized carbons (Fsp3) is 0.850. The van der Waals surface area contributed by atoms with E-state index in [0.717, 1.165) is 19.3 Å². The van der Waals surface area contributed by atoms with Crippen LogP contribution in [-0.2, 0) is 4.79 Å². The van der Waals surface area contributed by atoms with Gasteiger partial charge in [0.1, 0.15) is 5.78 Å². The van der Waals surface area contributed by atoms with Gasteiger partial charge in [-0.05, 0) is 42.9 Å². The Morgan fingerprint density at radius 1 is 1.22 bits per heavy atom. The molecule has 3 rings (SSSR count). The van der Waals surface area contributed by atoms with Gasteiger partial charge in [-0.1, -0.05) is 33.8 Å². The molecule has 8 atom stereocenters. The van der Waals surface area contributed by atoms with E-state index >= 15 is 0 Å². The largest absolute Gasteiger partial charge is 0.392 e. The van der Waals surface area contributed by atoms with Gasteiger partial charge in [-0.15, -0.1) is 6.58 Å². The third kappa shape index (κ3) is 1.99. The molecule has 3 aliphatic rings. The number of hydrogen-bond donors (Lipinski definition) is 2. The topological polar surface area (TPSA) is 57.5 Å². The maximum Gasteiger partial charge on any atom is 0.137 e. The molecule has 0 aromatic rings. The second kappa shape index (κ2) is 5.16. The second-order valence-electron chi connectivity index (χ2n) is 9.10. The lowest BCUT2D eigenvalue weighted by molar-refractivity contribution is -0.191. The van der Waals surface area contributed by atoms with Crippen LogP contribution in [-0.4, -0.2) is 28.2 Å². The molecule has 0 aromatic carbocycles. The average molecular weight is 320 g/mol. The van der Waals surface area contributed by atoms with Gasteiger partial charge in [0.25, 0.3) is 0 Å². The molecule has 3 saturated carbocycles. The summed E-state index contributed by atoms with van der Waals surface area (Å²) < 4.78 is 0. The summed E-state index contributed by atoms with van der Waals surface area (Å²) in [5.41, 5.74) is -1.07. The number of hydrogen-bond acceptors (Lipinski definition) is 3. The highest BCUT2D eigenvalue weighted by Crippen LogP contribution is 2.67. The molecule has 0 aromatic heterocycles. The predicted molar refractivity (Wildman–Crippen MR) is 90.8 cm³/mol. The Morgan fingerprint density at radius 3 is 2.48 bits per heavy atom. The molecule has 0 saturated heterocycles. The number of rotatable bonds is 1. The lowest BCUT2D eigenvalue weighted by Crippen LogP contribution is -2.62.